The Morgan fingerprint density at radius 3 is 1.36 bits per heavy atom. The quantitative estimate of drug-likeness (QED) is 0.622. The SMILES string of the molecule is CC(C)C(OBOC(C(C)C)C1COC(C)(C)O1)C1COC(C)(C)O1. The third-order valence-corrected chi connectivity index (χ3v) is 4.63. The summed E-state index contributed by atoms with van der Waals surface area (Å²) in [5.41, 5.74) is 0. The van der Waals surface area contributed by atoms with Crippen molar-refractivity contribution in [3.8, 4) is 0 Å². The van der Waals surface area contributed by atoms with E-state index in [0.29, 0.717) is 25.0 Å². The van der Waals surface area contributed by atoms with Crippen molar-refractivity contribution in [2.75, 3.05) is 13.2 Å². The second kappa shape index (κ2) is 8.23. The highest BCUT2D eigenvalue weighted by molar-refractivity contribution is 6.18. The Hall–Kier alpha value is -0.175. The van der Waals surface area contributed by atoms with Crippen LogP contribution in [-0.4, -0.2) is 56.9 Å². The minimum Gasteiger partial charge on any atom is -0.408 e. The predicted molar refractivity (Wildman–Crippen MR) is 96.4 cm³/mol. The fourth-order valence-corrected chi connectivity index (χ4v) is 3.41. The van der Waals surface area contributed by atoms with Crippen LogP contribution >= 0.6 is 0 Å². The maximum absolute atomic E-state index is 6.05. The minimum atomic E-state index is -0.552. The second-order valence-corrected chi connectivity index (χ2v) is 8.60. The van der Waals surface area contributed by atoms with Gasteiger partial charge in [-0.05, 0) is 39.5 Å². The van der Waals surface area contributed by atoms with Crippen molar-refractivity contribution < 1.29 is 28.3 Å². The van der Waals surface area contributed by atoms with Crippen molar-refractivity contribution in [2.45, 2.75) is 91.4 Å². The lowest BCUT2D eigenvalue weighted by Crippen LogP contribution is -2.42. The van der Waals surface area contributed by atoms with Crippen LogP contribution in [0.15, 0.2) is 0 Å². The zero-order valence-corrected chi connectivity index (χ0v) is 17.0. The van der Waals surface area contributed by atoms with Gasteiger partial charge in [-0.15, -0.1) is 0 Å². The summed E-state index contributed by atoms with van der Waals surface area (Å²) in [6.07, 6.45) is -0.319. The first kappa shape index (κ1) is 21.1. The number of rotatable bonds is 8. The summed E-state index contributed by atoms with van der Waals surface area (Å²) in [7, 11) is 0.201. The number of hydrogen-bond acceptors (Lipinski definition) is 6. The highest BCUT2D eigenvalue weighted by Crippen LogP contribution is 2.30. The molecule has 2 rings (SSSR count). The molecular formula is C18H35BO6. The van der Waals surface area contributed by atoms with Crippen molar-refractivity contribution >= 4 is 7.69 Å². The summed E-state index contributed by atoms with van der Waals surface area (Å²) in [6, 6.07) is 0. The van der Waals surface area contributed by atoms with E-state index >= 15 is 0 Å². The van der Waals surface area contributed by atoms with Crippen LogP contribution < -0.4 is 0 Å². The Labute approximate surface area is 153 Å². The fourth-order valence-electron chi connectivity index (χ4n) is 3.41. The maximum atomic E-state index is 6.05. The highest BCUT2D eigenvalue weighted by Gasteiger charge is 2.41. The first-order chi connectivity index (χ1) is 11.5. The third kappa shape index (κ3) is 5.91. The van der Waals surface area contributed by atoms with Crippen LogP contribution in [0.5, 0.6) is 0 Å². The zero-order valence-electron chi connectivity index (χ0n) is 17.0. The van der Waals surface area contributed by atoms with Gasteiger partial charge in [0.05, 0.1) is 25.4 Å². The molecule has 2 aliphatic rings. The Kier molecular flexibility index (Phi) is 6.96. The van der Waals surface area contributed by atoms with E-state index in [0.717, 1.165) is 0 Å². The van der Waals surface area contributed by atoms with E-state index in [1.54, 1.807) is 0 Å². The van der Waals surface area contributed by atoms with Crippen LogP contribution in [0.25, 0.3) is 0 Å². The monoisotopic (exact) mass is 358 g/mol. The molecule has 0 aromatic heterocycles. The van der Waals surface area contributed by atoms with Crippen molar-refractivity contribution in [1.29, 1.82) is 0 Å². The average Bonchev–Trinajstić information content (AvgIpc) is 3.00. The van der Waals surface area contributed by atoms with Gasteiger partial charge in [0.2, 0.25) is 0 Å². The maximum Gasteiger partial charge on any atom is 0.438 e. The summed E-state index contributed by atoms with van der Waals surface area (Å²) >= 11 is 0. The molecule has 2 heterocycles. The van der Waals surface area contributed by atoms with Gasteiger partial charge in [0, 0.05) is 0 Å². The van der Waals surface area contributed by atoms with Gasteiger partial charge in [-0.3, -0.25) is 0 Å². The van der Waals surface area contributed by atoms with Gasteiger partial charge in [0.25, 0.3) is 0 Å². The Morgan fingerprint density at radius 1 is 0.760 bits per heavy atom. The molecule has 4 atom stereocenters. The lowest BCUT2D eigenvalue weighted by molar-refractivity contribution is -0.157. The standard InChI is InChI=1S/C18H35BO6/c1-11(2)15(13-9-20-17(5,6)22-13)24-19-25-16(12(3)4)14-10-21-18(7,8)23-14/h11-16,19H,9-10H2,1-8H3. The van der Waals surface area contributed by atoms with E-state index in [1.807, 2.05) is 27.7 Å². The van der Waals surface area contributed by atoms with Gasteiger partial charge < -0.3 is 28.3 Å². The van der Waals surface area contributed by atoms with Crippen molar-refractivity contribution in [1.82, 2.24) is 0 Å². The van der Waals surface area contributed by atoms with Crippen LogP contribution in [0.2, 0.25) is 0 Å². The number of ether oxygens (including phenoxy) is 4. The van der Waals surface area contributed by atoms with Crippen LogP contribution in [0, 0.1) is 11.8 Å². The van der Waals surface area contributed by atoms with Crippen LogP contribution in [0.1, 0.15) is 55.4 Å². The smallest absolute Gasteiger partial charge is 0.408 e. The second-order valence-electron chi connectivity index (χ2n) is 8.60. The van der Waals surface area contributed by atoms with Gasteiger partial charge in [-0.2, -0.15) is 0 Å². The Balaban J connectivity index is 1.87. The molecule has 0 spiro atoms. The van der Waals surface area contributed by atoms with Gasteiger partial charge in [0.15, 0.2) is 11.6 Å². The topological polar surface area (TPSA) is 55.4 Å². The zero-order chi connectivity index (χ0) is 18.8. The van der Waals surface area contributed by atoms with Crippen molar-refractivity contribution in [2.24, 2.45) is 11.8 Å². The van der Waals surface area contributed by atoms with Gasteiger partial charge in [-0.1, -0.05) is 27.7 Å². The van der Waals surface area contributed by atoms with E-state index in [2.05, 4.69) is 27.7 Å². The van der Waals surface area contributed by atoms with E-state index in [9.17, 15) is 0 Å². The summed E-state index contributed by atoms with van der Waals surface area (Å²) in [4.78, 5) is 0. The fraction of sp³-hybridized carbons (Fsp3) is 1.00. The molecule has 0 aliphatic carbocycles. The molecule has 0 aromatic rings. The molecule has 0 N–H and O–H groups in total. The molecule has 2 aliphatic heterocycles. The number of hydrogen-bond donors (Lipinski definition) is 0. The molecule has 2 fully saturated rings. The van der Waals surface area contributed by atoms with E-state index in [-0.39, 0.29) is 32.1 Å². The first-order valence-electron chi connectivity index (χ1n) is 9.37. The van der Waals surface area contributed by atoms with E-state index in [1.165, 1.54) is 0 Å². The lowest BCUT2D eigenvalue weighted by Gasteiger charge is -2.30. The molecule has 7 heteroatoms. The van der Waals surface area contributed by atoms with Gasteiger partial charge in [0.1, 0.15) is 12.2 Å². The van der Waals surface area contributed by atoms with E-state index in [4.69, 9.17) is 28.3 Å². The minimum absolute atomic E-state index is 0.0771. The molecule has 0 aromatic carbocycles. The van der Waals surface area contributed by atoms with Crippen LogP contribution in [0.3, 0.4) is 0 Å². The average molecular weight is 358 g/mol. The van der Waals surface area contributed by atoms with Crippen molar-refractivity contribution in [3.63, 3.8) is 0 Å². The molecule has 0 amide bonds. The molecule has 6 nitrogen and oxygen atoms in total. The summed E-state index contributed by atoms with van der Waals surface area (Å²) in [5.74, 6) is -0.506. The Bertz CT molecular complexity index is 388. The molecule has 0 saturated carbocycles. The molecule has 25 heavy (non-hydrogen) atoms. The molecule has 0 radical (unpaired) electrons. The van der Waals surface area contributed by atoms with Crippen LogP contribution in [0.4, 0.5) is 0 Å². The van der Waals surface area contributed by atoms with Crippen molar-refractivity contribution in [3.05, 3.63) is 0 Å². The highest BCUT2D eigenvalue weighted by atomic mass is 16.8. The molecule has 4 unspecified atom stereocenters. The molecule has 2 saturated heterocycles. The predicted octanol–water partition coefficient (Wildman–Crippen LogP) is 2.64. The van der Waals surface area contributed by atoms with Gasteiger partial charge >= 0.3 is 7.69 Å². The summed E-state index contributed by atoms with van der Waals surface area (Å²) in [6.45, 7) is 17.3. The van der Waals surface area contributed by atoms with Gasteiger partial charge in [-0.25, -0.2) is 0 Å². The normalized spacial score (nSPS) is 30.8. The lowest BCUT2D eigenvalue weighted by atomic mass is 9.99. The summed E-state index contributed by atoms with van der Waals surface area (Å²) < 4.78 is 35.4. The summed E-state index contributed by atoms with van der Waals surface area (Å²) in [5, 5.41) is 0. The van der Waals surface area contributed by atoms with E-state index < -0.39 is 11.6 Å². The Morgan fingerprint density at radius 2 is 1.12 bits per heavy atom. The largest absolute Gasteiger partial charge is 0.438 e. The van der Waals surface area contributed by atoms with Crippen LogP contribution in [-0.2, 0) is 28.3 Å². The molecule has 146 valence electrons. The first-order valence-corrected chi connectivity index (χ1v) is 9.37. The third-order valence-electron chi connectivity index (χ3n) is 4.63. The molecular weight excluding hydrogens is 323 g/mol. The molecule has 0 bridgehead atoms.